The average molecular weight is 286 g/mol. The number of nitrogens with two attached hydrogens (primary N) is 1. The van der Waals surface area contributed by atoms with Gasteiger partial charge in [-0.25, -0.2) is 4.98 Å². The number of pyridine rings is 1. The largest absolute Gasteiger partial charge is 0.334 e. The normalized spacial score (nSPS) is 19.0. The third-order valence-corrected chi connectivity index (χ3v) is 3.79. The van der Waals surface area contributed by atoms with Gasteiger partial charge < -0.3 is 10.6 Å². The van der Waals surface area contributed by atoms with Crippen molar-refractivity contribution in [2.75, 3.05) is 32.7 Å². The first-order valence-corrected chi connectivity index (χ1v) is 7.34. The van der Waals surface area contributed by atoms with Crippen LogP contribution in [0.25, 0.3) is 0 Å². The van der Waals surface area contributed by atoms with E-state index in [9.17, 15) is 4.79 Å². The van der Waals surface area contributed by atoms with E-state index in [1.54, 1.807) is 12.3 Å². The predicted molar refractivity (Wildman–Crippen MR) is 82.8 cm³/mol. The number of aromatic nitrogens is 1. The van der Waals surface area contributed by atoms with Gasteiger partial charge in [-0.15, -0.1) is 0 Å². The Bertz CT molecular complexity index is 561. The molecule has 5 nitrogen and oxygen atoms in total. The summed E-state index contributed by atoms with van der Waals surface area (Å²) >= 11 is 0. The summed E-state index contributed by atoms with van der Waals surface area (Å²) < 4.78 is 0. The molecule has 2 N–H and O–H groups in total. The van der Waals surface area contributed by atoms with Crippen LogP contribution in [-0.4, -0.2) is 59.5 Å². The Morgan fingerprint density at radius 2 is 2.33 bits per heavy atom. The monoisotopic (exact) mass is 286 g/mol. The average Bonchev–Trinajstić information content (AvgIpc) is 2.52. The maximum atomic E-state index is 12.7. The highest BCUT2D eigenvalue weighted by Gasteiger charge is 2.27. The summed E-state index contributed by atoms with van der Waals surface area (Å²) in [5.74, 6) is 5.67. The van der Waals surface area contributed by atoms with Crippen molar-refractivity contribution in [3.05, 3.63) is 29.6 Å². The van der Waals surface area contributed by atoms with Gasteiger partial charge in [0.25, 0.3) is 5.91 Å². The SMILES string of the molecule is CCN1CCN(C(=O)c2ncccc2C#CCN)CC1C. The number of rotatable bonds is 2. The zero-order valence-electron chi connectivity index (χ0n) is 12.7. The van der Waals surface area contributed by atoms with Gasteiger partial charge in [0, 0.05) is 31.9 Å². The fourth-order valence-electron chi connectivity index (χ4n) is 2.62. The summed E-state index contributed by atoms with van der Waals surface area (Å²) in [7, 11) is 0. The Kier molecular flexibility index (Phi) is 5.32. The predicted octanol–water partition coefficient (Wildman–Crippen LogP) is 0.558. The van der Waals surface area contributed by atoms with Gasteiger partial charge in [0.15, 0.2) is 0 Å². The zero-order chi connectivity index (χ0) is 15.2. The lowest BCUT2D eigenvalue weighted by Gasteiger charge is -2.39. The summed E-state index contributed by atoms with van der Waals surface area (Å²) in [6.45, 7) is 7.95. The van der Waals surface area contributed by atoms with Crippen LogP contribution in [0.1, 0.15) is 29.9 Å². The first kappa shape index (κ1) is 15.5. The molecule has 21 heavy (non-hydrogen) atoms. The molecule has 0 saturated carbocycles. The van der Waals surface area contributed by atoms with Crippen LogP contribution in [0.3, 0.4) is 0 Å². The van der Waals surface area contributed by atoms with E-state index in [-0.39, 0.29) is 12.5 Å². The highest BCUT2D eigenvalue weighted by molar-refractivity contribution is 5.94. The Labute approximate surface area is 126 Å². The first-order chi connectivity index (χ1) is 10.2. The molecule has 1 fully saturated rings. The third kappa shape index (κ3) is 3.60. The lowest BCUT2D eigenvalue weighted by molar-refractivity contribution is 0.0522. The van der Waals surface area contributed by atoms with E-state index in [0.29, 0.717) is 17.3 Å². The quantitative estimate of drug-likeness (QED) is 0.807. The number of likely N-dealkylation sites (N-methyl/N-ethyl adjacent to an activating group) is 1. The number of carbonyl (C=O) groups excluding carboxylic acids is 1. The van der Waals surface area contributed by atoms with Crippen LogP contribution in [0.2, 0.25) is 0 Å². The van der Waals surface area contributed by atoms with E-state index in [0.717, 1.165) is 26.2 Å². The molecule has 1 unspecified atom stereocenters. The zero-order valence-corrected chi connectivity index (χ0v) is 12.7. The molecule has 2 rings (SSSR count). The van der Waals surface area contributed by atoms with Crippen molar-refractivity contribution in [1.82, 2.24) is 14.8 Å². The van der Waals surface area contributed by atoms with Gasteiger partial charge in [-0.2, -0.15) is 0 Å². The molecule has 0 spiro atoms. The summed E-state index contributed by atoms with van der Waals surface area (Å²) in [6.07, 6.45) is 1.63. The van der Waals surface area contributed by atoms with Crippen LogP contribution in [-0.2, 0) is 0 Å². The van der Waals surface area contributed by atoms with E-state index in [1.807, 2.05) is 11.0 Å². The van der Waals surface area contributed by atoms with E-state index in [4.69, 9.17) is 5.73 Å². The smallest absolute Gasteiger partial charge is 0.273 e. The lowest BCUT2D eigenvalue weighted by Crippen LogP contribution is -2.53. The summed E-state index contributed by atoms with van der Waals surface area (Å²) in [6, 6.07) is 3.97. The molecule has 0 aromatic carbocycles. The number of nitrogens with zero attached hydrogens (tertiary/aromatic N) is 3. The van der Waals surface area contributed by atoms with Crippen LogP contribution in [0.5, 0.6) is 0 Å². The molecule has 1 saturated heterocycles. The van der Waals surface area contributed by atoms with Gasteiger partial charge in [-0.3, -0.25) is 9.69 Å². The second-order valence-corrected chi connectivity index (χ2v) is 5.13. The van der Waals surface area contributed by atoms with Crippen molar-refractivity contribution in [3.63, 3.8) is 0 Å². The number of hydrogen-bond donors (Lipinski definition) is 1. The van der Waals surface area contributed by atoms with Crippen molar-refractivity contribution in [2.45, 2.75) is 19.9 Å². The van der Waals surface area contributed by atoms with E-state index < -0.39 is 0 Å². The Morgan fingerprint density at radius 3 is 3.00 bits per heavy atom. The van der Waals surface area contributed by atoms with Crippen molar-refractivity contribution >= 4 is 5.91 Å². The molecule has 112 valence electrons. The molecule has 1 aromatic rings. The van der Waals surface area contributed by atoms with Crippen molar-refractivity contribution in [3.8, 4) is 11.8 Å². The third-order valence-electron chi connectivity index (χ3n) is 3.79. The van der Waals surface area contributed by atoms with Crippen LogP contribution < -0.4 is 5.73 Å². The molecular formula is C16H22N4O. The Morgan fingerprint density at radius 1 is 1.52 bits per heavy atom. The Balaban J connectivity index is 2.17. The topological polar surface area (TPSA) is 62.5 Å². The van der Waals surface area contributed by atoms with Crippen molar-refractivity contribution < 1.29 is 4.79 Å². The van der Waals surface area contributed by atoms with E-state index in [1.165, 1.54) is 0 Å². The second kappa shape index (κ2) is 7.21. The van der Waals surface area contributed by atoms with E-state index in [2.05, 4.69) is 35.6 Å². The fraction of sp³-hybridized carbons (Fsp3) is 0.500. The summed E-state index contributed by atoms with van der Waals surface area (Å²) in [5, 5.41) is 0. The van der Waals surface area contributed by atoms with Gasteiger partial charge in [0.1, 0.15) is 5.69 Å². The minimum absolute atomic E-state index is 0.0421. The second-order valence-electron chi connectivity index (χ2n) is 5.13. The molecule has 0 bridgehead atoms. The van der Waals surface area contributed by atoms with E-state index >= 15 is 0 Å². The van der Waals surface area contributed by atoms with Gasteiger partial charge in [-0.1, -0.05) is 18.8 Å². The number of hydrogen-bond acceptors (Lipinski definition) is 4. The minimum Gasteiger partial charge on any atom is -0.334 e. The van der Waals surface area contributed by atoms with Gasteiger partial charge >= 0.3 is 0 Å². The molecule has 2 heterocycles. The molecular weight excluding hydrogens is 264 g/mol. The van der Waals surface area contributed by atoms with Crippen LogP contribution >= 0.6 is 0 Å². The Hall–Kier alpha value is -1.90. The molecule has 0 aliphatic carbocycles. The number of piperazine rings is 1. The minimum atomic E-state index is -0.0421. The molecule has 1 aromatic heterocycles. The van der Waals surface area contributed by atoms with Crippen molar-refractivity contribution in [2.24, 2.45) is 5.73 Å². The highest BCUT2D eigenvalue weighted by atomic mass is 16.2. The summed E-state index contributed by atoms with van der Waals surface area (Å²) in [4.78, 5) is 21.1. The molecule has 1 aliphatic heterocycles. The van der Waals surface area contributed by atoms with Crippen LogP contribution in [0.15, 0.2) is 18.3 Å². The molecule has 1 atom stereocenters. The van der Waals surface area contributed by atoms with Gasteiger partial charge in [0.2, 0.25) is 0 Å². The number of amides is 1. The number of carbonyl (C=O) groups is 1. The van der Waals surface area contributed by atoms with Crippen LogP contribution in [0.4, 0.5) is 0 Å². The lowest BCUT2D eigenvalue weighted by atomic mass is 10.1. The summed E-state index contributed by atoms with van der Waals surface area (Å²) in [5.41, 5.74) is 6.48. The van der Waals surface area contributed by atoms with Gasteiger partial charge in [0.05, 0.1) is 12.1 Å². The van der Waals surface area contributed by atoms with Gasteiger partial charge in [-0.05, 0) is 25.6 Å². The molecule has 5 heteroatoms. The molecule has 0 radical (unpaired) electrons. The standard InChI is InChI=1S/C16H22N4O/c1-3-19-10-11-20(12-13(19)2)16(21)15-14(6-4-8-17)7-5-9-18-15/h5,7,9,13H,3,8,10-12,17H2,1-2H3. The molecule has 1 amide bonds. The fourth-order valence-corrected chi connectivity index (χ4v) is 2.62. The van der Waals surface area contributed by atoms with Crippen molar-refractivity contribution in [1.29, 1.82) is 0 Å². The molecule has 1 aliphatic rings. The highest BCUT2D eigenvalue weighted by Crippen LogP contribution is 2.14. The van der Waals surface area contributed by atoms with Crippen LogP contribution in [0, 0.1) is 11.8 Å². The first-order valence-electron chi connectivity index (χ1n) is 7.34. The maximum Gasteiger partial charge on any atom is 0.273 e. The maximum absolute atomic E-state index is 12.7.